The summed E-state index contributed by atoms with van der Waals surface area (Å²) >= 11 is 0. The lowest BCUT2D eigenvalue weighted by Gasteiger charge is -2.36. The topological polar surface area (TPSA) is 35.6 Å². The SMILES string of the molecule is CCN(CC(=O)N1CCCC(C)C1)C1CCNCC1. The van der Waals surface area contributed by atoms with Crippen LogP contribution in [0.3, 0.4) is 0 Å². The highest BCUT2D eigenvalue weighted by atomic mass is 16.2. The van der Waals surface area contributed by atoms with E-state index in [0.717, 1.165) is 32.7 Å². The van der Waals surface area contributed by atoms with Crippen molar-refractivity contribution >= 4 is 5.91 Å². The van der Waals surface area contributed by atoms with Crippen molar-refractivity contribution in [2.45, 2.75) is 45.6 Å². The number of likely N-dealkylation sites (N-methyl/N-ethyl adjacent to an activating group) is 1. The second-order valence-corrected chi connectivity index (χ2v) is 6.13. The first-order chi connectivity index (χ1) is 9.20. The Hall–Kier alpha value is -0.610. The molecule has 0 aromatic heterocycles. The van der Waals surface area contributed by atoms with Crippen molar-refractivity contribution in [3.05, 3.63) is 0 Å². The van der Waals surface area contributed by atoms with Gasteiger partial charge in [0.25, 0.3) is 0 Å². The standard InChI is InChI=1S/C15H29N3O/c1-3-17(14-6-8-16-9-7-14)12-15(19)18-10-4-5-13(2)11-18/h13-14,16H,3-12H2,1-2H3. The maximum absolute atomic E-state index is 12.4. The molecule has 0 saturated carbocycles. The van der Waals surface area contributed by atoms with Crippen LogP contribution in [0.4, 0.5) is 0 Å². The minimum absolute atomic E-state index is 0.340. The van der Waals surface area contributed by atoms with Gasteiger partial charge in [-0.1, -0.05) is 13.8 Å². The highest BCUT2D eigenvalue weighted by Crippen LogP contribution is 2.17. The summed E-state index contributed by atoms with van der Waals surface area (Å²) in [5.74, 6) is 1.01. The largest absolute Gasteiger partial charge is 0.341 e. The highest BCUT2D eigenvalue weighted by Gasteiger charge is 2.26. The van der Waals surface area contributed by atoms with E-state index in [1.807, 2.05) is 0 Å². The first kappa shape index (κ1) is 14.8. The number of rotatable bonds is 4. The molecular formula is C15H29N3O. The van der Waals surface area contributed by atoms with E-state index in [0.29, 0.717) is 24.4 Å². The van der Waals surface area contributed by atoms with Crippen LogP contribution < -0.4 is 5.32 Å². The van der Waals surface area contributed by atoms with Gasteiger partial charge in [-0.2, -0.15) is 0 Å². The number of nitrogens with one attached hydrogen (secondary N) is 1. The molecular weight excluding hydrogens is 238 g/mol. The molecule has 2 aliphatic rings. The molecule has 19 heavy (non-hydrogen) atoms. The molecule has 0 aliphatic carbocycles. The Labute approximate surface area is 117 Å². The normalized spacial score (nSPS) is 25.8. The van der Waals surface area contributed by atoms with Crippen LogP contribution in [0.15, 0.2) is 0 Å². The quantitative estimate of drug-likeness (QED) is 0.834. The number of carbonyl (C=O) groups is 1. The first-order valence-electron chi connectivity index (χ1n) is 7.93. The first-order valence-corrected chi connectivity index (χ1v) is 7.93. The molecule has 1 unspecified atom stereocenters. The molecule has 2 aliphatic heterocycles. The Kier molecular flexibility index (Phi) is 5.64. The van der Waals surface area contributed by atoms with Crippen LogP contribution in [0.25, 0.3) is 0 Å². The molecule has 2 saturated heterocycles. The predicted molar refractivity (Wildman–Crippen MR) is 78.1 cm³/mol. The number of nitrogens with zero attached hydrogens (tertiary/aromatic N) is 2. The third-order valence-electron chi connectivity index (χ3n) is 4.58. The third kappa shape index (κ3) is 4.18. The summed E-state index contributed by atoms with van der Waals surface area (Å²) in [4.78, 5) is 16.9. The number of piperidine rings is 2. The van der Waals surface area contributed by atoms with Gasteiger partial charge in [-0.25, -0.2) is 0 Å². The van der Waals surface area contributed by atoms with Crippen LogP contribution in [0.5, 0.6) is 0 Å². The van der Waals surface area contributed by atoms with Crippen molar-refractivity contribution in [3.63, 3.8) is 0 Å². The van der Waals surface area contributed by atoms with Crippen LogP contribution in [0.2, 0.25) is 0 Å². The highest BCUT2D eigenvalue weighted by molar-refractivity contribution is 5.78. The lowest BCUT2D eigenvalue weighted by atomic mass is 10.00. The molecule has 2 heterocycles. The monoisotopic (exact) mass is 267 g/mol. The van der Waals surface area contributed by atoms with Gasteiger partial charge in [-0.3, -0.25) is 9.69 Å². The second kappa shape index (κ2) is 7.25. The van der Waals surface area contributed by atoms with Crippen molar-refractivity contribution < 1.29 is 4.79 Å². The Morgan fingerprint density at radius 3 is 2.68 bits per heavy atom. The molecule has 0 bridgehead atoms. The summed E-state index contributed by atoms with van der Waals surface area (Å²) in [5.41, 5.74) is 0. The molecule has 110 valence electrons. The average molecular weight is 267 g/mol. The number of amides is 1. The van der Waals surface area contributed by atoms with Gasteiger partial charge in [0.1, 0.15) is 0 Å². The minimum Gasteiger partial charge on any atom is -0.341 e. The number of likely N-dealkylation sites (tertiary alicyclic amines) is 1. The Balaban J connectivity index is 1.84. The van der Waals surface area contributed by atoms with Gasteiger partial charge < -0.3 is 10.2 Å². The van der Waals surface area contributed by atoms with Gasteiger partial charge in [-0.05, 0) is 51.2 Å². The lowest BCUT2D eigenvalue weighted by Crippen LogP contribution is -2.49. The maximum atomic E-state index is 12.4. The molecule has 1 N–H and O–H groups in total. The Morgan fingerprint density at radius 2 is 2.05 bits per heavy atom. The minimum atomic E-state index is 0.340. The van der Waals surface area contributed by atoms with Gasteiger partial charge in [0.15, 0.2) is 0 Å². The smallest absolute Gasteiger partial charge is 0.236 e. The van der Waals surface area contributed by atoms with E-state index in [2.05, 4.69) is 29.0 Å². The number of hydrogen-bond acceptors (Lipinski definition) is 3. The number of carbonyl (C=O) groups excluding carboxylic acids is 1. The molecule has 1 amide bonds. The predicted octanol–water partition coefficient (Wildman–Crippen LogP) is 1.32. The summed E-state index contributed by atoms with van der Waals surface area (Å²) in [6.45, 7) is 10.1. The zero-order valence-corrected chi connectivity index (χ0v) is 12.5. The summed E-state index contributed by atoms with van der Waals surface area (Å²) in [5, 5.41) is 3.39. The van der Waals surface area contributed by atoms with Crippen molar-refractivity contribution in [1.82, 2.24) is 15.1 Å². The fourth-order valence-corrected chi connectivity index (χ4v) is 3.36. The van der Waals surface area contributed by atoms with Crippen LogP contribution in [-0.4, -0.2) is 61.0 Å². The molecule has 4 nitrogen and oxygen atoms in total. The maximum Gasteiger partial charge on any atom is 0.236 e. The summed E-state index contributed by atoms with van der Waals surface area (Å²) in [6, 6.07) is 0.595. The molecule has 1 atom stereocenters. The van der Waals surface area contributed by atoms with Crippen molar-refractivity contribution in [2.24, 2.45) is 5.92 Å². The second-order valence-electron chi connectivity index (χ2n) is 6.13. The molecule has 0 aromatic rings. The molecule has 0 aromatic carbocycles. The van der Waals surface area contributed by atoms with E-state index in [-0.39, 0.29) is 0 Å². The van der Waals surface area contributed by atoms with E-state index in [9.17, 15) is 4.79 Å². The molecule has 4 heteroatoms. The molecule has 2 rings (SSSR count). The molecule has 2 fully saturated rings. The summed E-state index contributed by atoms with van der Waals surface area (Å²) in [6.07, 6.45) is 4.80. The van der Waals surface area contributed by atoms with Gasteiger partial charge in [0.2, 0.25) is 5.91 Å². The van der Waals surface area contributed by atoms with Crippen molar-refractivity contribution in [1.29, 1.82) is 0 Å². The van der Waals surface area contributed by atoms with E-state index in [1.165, 1.54) is 25.7 Å². The zero-order valence-electron chi connectivity index (χ0n) is 12.5. The van der Waals surface area contributed by atoms with Gasteiger partial charge >= 0.3 is 0 Å². The Morgan fingerprint density at radius 1 is 1.32 bits per heavy atom. The van der Waals surface area contributed by atoms with E-state index in [4.69, 9.17) is 0 Å². The van der Waals surface area contributed by atoms with E-state index < -0.39 is 0 Å². The van der Waals surface area contributed by atoms with Crippen molar-refractivity contribution in [2.75, 3.05) is 39.3 Å². The van der Waals surface area contributed by atoms with Gasteiger partial charge in [0, 0.05) is 19.1 Å². The Bertz CT molecular complexity index is 289. The van der Waals surface area contributed by atoms with Crippen LogP contribution in [0, 0.1) is 5.92 Å². The van der Waals surface area contributed by atoms with Crippen LogP contribution in [0.1, 0.15) is 39.5 Å². The molecule has 0 spiro atoms. The van der Waals surface area contributed by atoms with Gasteiger partial charge in [-0.15, -0.1) is 0 Å². The van der Waals surface area contributed by atoms with Crippen LogP contribution in [-0.2, 0) is 4.79 Å². The average Bonchev–Trinajstić information content (AvgIpc) is 2.45. The zero-order chi connectivity index (χ0) is 13.7. The molecule has 0 radical (unpaired) electrons. The van der Waals surface area contributed by atoms with Crippen molar-refractivity contribution in [3.8, 4) is 0 Å². The van der Waals surface area contributed by atoms with Crippen LogP contribution >= 0.6 is 0 Å². The summed E-state index contributed by atoms with van der Waals surface area (Å²) in [7, 11) is 0. The third-order valence-corrected chi connectivity index (χ3v) is 4.58. The lowest BCUT2D eigenvalue weighted by molar-refractivity contribution is -0.134. The van der Waals surface area contributed by atoms with Gasteiger partial charge in [0.05, 0.1) is 6.54 Å². The fraction of sp³-hybridized carbons (Fsp3) is 0.933. The van der Waals surface area contributed by atoms with E-state index >= 15 is 0 Å². The fourth-order valence-electron chi connectivity index (χ4n) is 3.36. The number of hydrogen-bond donors (Lipinski definition) is 1. The van der Waals surface area contributed by atoms with E-state index in [1.54, 1.807) is 0 Å². The summed E-state index contributed by atoms with van der Waals surface area (Å²) < 4.78 is 0.